The van der Waals surface area contributed by atoms with Crippen LogP contribution in [0.2, 0.25) is 0 Å². The molecule has 2 N–H and O–H groups in total. The summed E-state index contributed by atoms with van der Waals surface area (Å²) in [4.78, 5) is 0. The van der Waals surface area contributed by atoms with Crippen LogP contribution in [0.5, 0.6) is 11.5 Å². The summed E-state index contributed by atoms with van der Waals surface area (Å²) in [6.45, 7) is 0.769. The molecule has 2 unspecified atom stereocenters. The normalized spacial score (nSPS) is 21.5. The first-order valence-corrected chi connectivity index (χ1v) is 6.02. The van der Waals surface area contributed by atoms with Gasteiger partial charge in [0.1, 0.15) is 36.1 Å². The molecule has 0 aliphatic carbocycles. The summed E-state index contributed by atoms with van der Waals surface area (Å²) in [5.74, 6) is 0.833. The van der Waals surface area contributed by atoms with Crippen LogP contribution in [0.3, 0.4) is 0 Å². The maximum atomic E-state index is 9.70. The molecule has 0 radical (unpaired) electrons. The Hall–Kier alpha value is -1.98. The van der Waals surface area contributed by atoms with Crippen LogP contribution in [0.4, 0.5) is 0 Å². The Labute approximate surface area is 110 Å². The van der Waals surface area contributed by atoms with Crippen molar-refractivity contribution in [3.8, 4) is 11.5 Å². The zero-order valence-electron chi connectivity index (χ0n) is 10.2. The fourth-order valence-electron chi connectivity index (χ4n) is 2.03. The van der Waals surface area contributed by atoms with Gasteiger partial charge < -0.3 is 24.1 Å². The van der Waals surface area contributed by atoms with Gasteiger partial charge in [-0.1, -0.05) is 6.07 Å². The quantitative estimate of drug-likeness (QED) is 0.809. The molecular weight excluding hydrogens is 248 g/mol. The third-order valence-electron chi connectivity index (χ3n) is 3.03. The average Bonchev–Trinajstić information content (AvgIpc) is 2.93. The predicted octanol–water partition coefficient (Wildman–Crippen LogP) is 2.35. The molecule has 1 aromatic heterocycles. The second-order valence-corrected chi connectivity index (χ2v) is 4.40. The second-order valence-electron chi connectivity index (χ2n) is 4.40. The highest BCUT2D eigenvalue weighted by Gasteiger charge is 2.43. The summed E-state index contributed by atoms with van der Waals surface area (Å²) in [5.41, 5.74) is 0.425. The van der Waals surface area contributed by atoms with Crippen LogP contribution in [0, 0.1) is 0 Å². The van der Waals surface area contributed by atoms with Gasteiger partial charge in [-0.2, -0.15) is 0 Å². The van der Waals surface area contributed by atoms with Crippen molar-refractivity contribution in [3.05, 3.63) is 47.9 Å². The SMILES string of the molecule is Oc1cccc(O)c1C1OC1COCc1ccco1. The van der Waals surface area contributed by atoms with Gasteiger partial charge in [-0.15, -0.1) is 0 Å². The van der Waals surface area contributed by atoms with E-state index in [1.54, 1.807) is 18.4 Å². The lowest BCUT2D eigenvalue weighted by atomic mass is 10.1. The number of epoxide rings is 1. The van der Waals surface area contributed by atoms with Gasteiger partial charge in [-0.3, -0.25) is 0 Å². The molecule has 5 nitrogen and oxygen atoms in total. The first-order chi connectivity index (χ1) is 9.25. The van der Waals surface area contributed by atoms with E-state index in [4.69, 9.17) is 13.9 Å². The molecule has 0 saturated carbocycles. The van der Waals surface area contributed by atoms with Gasteiger partial charge in [0, 0.05) is 0 Å². The minimum atomic E-state index is -0.308. The van der Waals surface area contributed by atoms with Crippen molar-refractivity contribution in [2.24, 2.45) is 0 Å². The number of rotatable bonds is 5. The maximum absolute atomic E-state index is 9.70. The lowest BCUT2D eigenvalue weighted by molar-refractivity contribution is 0.0914. The minimum absolute atomic E-state index is 0.0403. The number of aromatic hydroxyl groups is 2. The minimum Gasteiger partial charge on any atom is -0.507 e. The van der Waals surface area contributed by atoms with Crippen molar-refractivity contribution in [3.63, 3.8) is 0 Å². The van der Waals surface area contributed by atoms with Crippen molar-refractivity contribution in [2.75, 3.05) is 6.61 Å². The third-order valence-corrected chi connectivity index (χ3v) is 3.03. The molecule has 1 aliphatic heterocycles. The van der Waals surface area contributed by atoms with E-state index in [1.807, 2.05) is 6.07 Å². The summed E-state index contributed by atoms with van der Waals surface area (Å²) in [5, 5.41) is 19.4. The fourth-order valence-corrected chi connectivity index (χ4v) is 2.03. The highest BCUT2D eigenvalue weighted by molar-refractivity contribution is 5.46. The molecule has 2 aromatic rings. The van der Waals surface area contributed by atoms with Crippen LogP contribution in [0.1, 0.15) is 17.4 Å². The Bertz CT molecular complexity index is 529. The molecule has 0 amide bonds. The van der Waals surface area contributed by atoms with Crippen molar-refractivity contribution in [1.82, 2.24) is 0 Å². The van der Waals surface area contributed by atoms with E-state index in [2.05, 4.69) is 0 Å². The molecule has 3 rings (SSSR count). The molecule has 5 heteroatoms. The van der Waals surface area contributed by atoms with Gasteiger partial charge in [-0.25, -0.2) is 0 Å². The number of hydrogen-bond acceptors (Lipinski definition) is 5. The Morgan fingerprint density at radius 3 is 2.58 bits per heavy atom. The van der Waals surface area contributed by atoms with Crippen LogP contribution in [-0.2, 0) is 16.1 Å². The molecule has 1 aromatic carbocycles. The zero-order chi connectivity index (χ0) is 13.2. The van der Waals surface area contributed by atoms with E-state index in [1.165, 1.54) is 12.1 Å². The van der Waals surface area contributed by atoms with Crippen molar-refractivity contribution < 1.29 is 24.1 Å². The summed E-state index contributed by atoms with van der Waals surface area (Å²) in [6.07, 6.45) is 1.14. The molecule has 2 heterocycles. The van der Waals surface area contributed by atoms with E-state index >= 15 is 0 Å². The first kappa shape index (κ1) is 12.1. The summed E-state index contributed by atoms with van der Waals surface area (Å²) < 4.78 is 16.0. The second kappa shape index (κ2) is 4.95. The van der Waals surface area contributed by atoms with Crippen LogP contribution in [0.15, 0.2) is 41.0 Å². The number of furan rings is 1. The lowest BCUT2D eigenvalue weighted by Gasteiger charge is -2.03. The van der Waals surface area contributed by atoms with Crippen LogP contribution in [0.25, 0.3) is 0 Å². The average molecular weight is 262 g/mol. The fraction of sp³-hybridized carbons (Fsp3) is 0.286. The number of phenols is 2. The van der Waals surface area contributed by atoms with E-state index < -0.39 is 0 Å². The number of benzene rings is 1. The molecule has 0 spiro atoms. The monoisotopic (exact) mass is 262 g/mol. The Morgan fingerprint density at radius 1 is 1.11 bits per heavy atom. The predicted molar refractivity (Wildman–Crippen MR) is 65.7 cm³/mol. The van der Waals surface area contributed by atoms with Gasteiger partial charge in [0.2, 0.25) is 0 Å². The Balaban J connectivity index is 1.54. The standard InChI is InChI=1S/C14H14O5/c15-10-4-1-5-11(16)13(10)14-12(19-14)8-17-7-9-3-2-6-18-9/h1-6,12,14-16H,7-8H2. The largest absolute Gasteiger partial charge is 0.507 e. The van der Waals surface area contributed by atoms with Crippen molar-refractivity contribution in [1.29, 1.82) is 0 Å². The zero-order valence-corrected chi connectivity index (χ0v) is 10.2. The highest BCUT2D eigenvalue weighted by Crippen LogP contribution is 2.46. The van der Waals surface area contributed by atoms with Gasteiger partial charge in [-0.05, 0) is 24.3 Å². The summed E-state index contributed by atoms with van der Waals surface area (Å²) >= 11 is 0. The molecule has 1 saturated heterocycles. The van der Waals surface area contributed by atoms with Gasteiger partial charge >= 0.3 is 0 Å². The van der Waals surface area contributed by atoms with Gasteiger partial charge in [0.05, 0.1) is 18.4 Å². The van der Waals surface area contributed by atoms with Gasteiger partial charge in [0.15, 0.2) is 0 Å². The van der Waals surface area contributed by atoms with E-state index in [-0.39, 0.29) is 23.7 Å². The Kier molecular flexibility index (Phi) is 3.15. The summed E-state index contributed by atoms with van der Waals surface area (Å²) in [6, 6.07) is 8.27. The highest BCUT2D eigenvalue weighted by atomic mass is 16.6. The molecule has 1 fully saturated rings. The molecule has 2 atom stereocenters. The molecule has 1 aliphatic rings. The van der Waals surface area contributed by atoms with Crippen LogP contribution >= 0.6 is 0 Å². The smallest absolute Gasteiger partial charge is 0.129 e. The first-order valence-electron chi connectivity index (χ1n) is 6.02. The Morgan fingerprint density at radius 2 is 1.89 bits per heavy atom. The number of ether oxygens (including phenoxy) is 2. The van der Waals surface area contributed by atoms with E-state index in [9.17, 15) is 10.2 Å². The van der Waals surface area contributed by atoms with Crippen molar-refractivity contribution >= 4 is 0 Å². The lowest BCUT2D eigenvalue weighted by Crippen LogP contribution is -2.02. The molecule has 100 valence electrons. The maximum Gasteiger partial charge on any atom is 0.129 e. The summed E-state index contributed by atoms with van der Waals surface area (Å²) in [7, 11) is 0. The van der Waals surface area contributed by atoms with Crippen LogP contribution in [-0.4, -0.2) is 22.9 Å². The number of hydrogen-bond donors (Lipinski definition) is 2. The van der Waals surface area contributed by atoms with E-state index in [0.29, 0.717) is 18.8 Å². The number of phenolic OH excluding ortho intramolecular Hbond substituents is 2. The topological polar surface area (TPSA) is 75.4 Å². The van der Waals surface area contributed by atoms with Crippen LogP contribution < -0.4 is 0 Å². The molecular formula is C14H14O5. The molecule has 19 heavy (non-hydrogen) atoms. The molecule has 0 bridgehead atoms. The third kappa shape index (κ3) is 2.57. The van der Waals surface area contributed by atoms with Gasteiger partial charge in [0.25, 0.3) is 0 Å². The van der Waals surface area contributed by atoms with E-state index in [0.717, 1.165) is 5.76 Å². The van der Waals surface area contributed by atoms with Crippen molar-refractivity contribution in [2.45, 2.75) is 18.8 Å².